The van der Waals surface area contributed by atoms with Crippen LogP contribution >= 0.6 is 11.6 Å². The quantitative estimate of drug-likeness (QED) is 0.796. The van der Waals surface area contributed by atoms with E-state index in [2.05, 4.69) is 0 Å². The van der Waals surface area contributed by atoms with Crippen LogP contribution in [0, 0.1) is 5.82 Å². The third-order valence-corrected chi connectivity index (χ3v) is 3.02. The van der Waals surface area contributed by atoms with Crippen molar-refractivity contribution in [2.45, 2.75) is 24.3 Å². The van der Waals surface area contributed by atoms with Gasteiger partial charge in [-0.3, -0.25) is 0 Å². The second-order valence-corrected chi connectivity index (χ2v) is 4.34. The van der Waals surface area contributed by atoms with E-state index in [1.807, 2.05) is 0 Å². The van der Waals surface area contributed by atoms with Crippen LogP contribution in [0.2, 0.25) is 5.02 Å². The van der Waals surface area contributed by atoms with Gasteiger partial charge in [-0.15, -0.1) is 0 Å². The topological polar surface area (TPSA) is 26.0 Å². The molecule has 1 aliphatic carbocycles. The molecule has 1 nitrogen and oxygen atoms in total. The van der Waals surface area contributed by atoms with Crippen molar-refractivity contribution in [1.82, 2.24) is 0 Å². The van der Waals surface area contributed by atoms with E-state index in [1.54, 1.807) is 0 Å². The first-order valence-electron chi connectivity index (χ1n) is 4.45. The first kappa shape index (κ1) is 10.8. The summed E-state index contributed by atoms with van der Waals surface area (Å²) in [7, 11) is 0. The van der Waals surface area contributed by atoms with Crippen molar-refractivity contribution in [2.24, 2.45) is 5.73 Å². The SMILES string of the molecule is NC1(c2cccc(F)c2Cl)CC(F)(F)C1. The van der Waals surface area contributed by atoms with Crippen molar-refractivity contribution in [3.05, 3.63) is 34.6 Å². The van der Waals surface area contributed by atoms with Crippen LogP contribution in [-0.4, -0.2) is 5.92 Å². The molecule has 0 saturated heterocycles. The molecule has 0 spiro atoms. The Bertz CT molecular complexity index is 398. The Balaban J connectivity index is 2.36. The van der Waals surface area contributed by atoms with Gasteiger partial charge in [-0.1, -0.05) is 23.7 Å². The Morgan fingerprint density at radius 2 is 1.87 bits per heavy atom. The number of hydrogen-bond acceptors (Lipinski definition) is 1. The van der Waals surface area contributed by atoms with E-state index < -0.39 is 30.1 Å². The van der Waals surface area contributed by atoms with Gasteiger partial charge in [-0.25, -0.2) is 13.2 Å². The van der Waals surface area contributed by atoms with E-state index >= 15 is 0 Å². The Hall–Kier alpha value is -0.740. The zero-order valence-electron chi connectivity index (χ0n) is 7.74. The van der Waals surface area contributed by atoms with Gasteiger partial charge in [0.1, 0.15) is 5.82 Å². The van der Waals surface area contributed by atoms with E-state index in [0.717, 1.165) is 0 Å². The van der Waals surface area contributed by atoms with Crippen molar-refractivity contribution < 1.29 is 13.2 Å². The van der Waals surface area contributed by atoms with Crippen LogP contribution in [0.15, 0.2) is 18.2 Å². The van der Waals surface area contributed by atoms with Gasteiger partial charge >= 0.3 is 0 Å². The van der Waals surface area contributed by atoms with E-state index in [9.17, 15) is 13.2 Å². The minimum atomic E-state index is -2.76. The maximum atomic E-state index is 13.1. The minimum absolute atomic E-state index is 0.157. The molecule has 1 aromatic carbocycles. The first-order chi connectivity index (χ1) is 6.84. The number of nitrogens with two attached hydrogens (primary N) is 1. The van der Waals surface area contributed by atoms with Gasteiger partial charge in [-0.05, 0) is 11.6 Å². The maximum absolute atomic E-state index is 13.1. The fraction of sp³-hybridized carbons (Fsp3) is 0.400. The smallest absolute Gasteiger partial charge is 0.252 e. The van der Waals surface area contributed by atoms with Crippen molar-refractivity contribution in [1.29, 1.82) is 0 Å². The number of halogens is 4. The van der Waals surface area contributed by atoms with Crippen LogP contribution in [0.3, 0.4) is 0 Å². The third-order valence-electron chi connectivity index (χ3n) is 2.64. The van der Waals surface area contributed by atoms with E-state index in [4.69, 9.17) is 17.3 Å². The zero-order chi connectivity index (χ0) is 11.3. The average Bonchev–Trinajstić information content (AvgIpc) is 2.05. The molecule has 1 fully saturated rings. The first-order valence-corrected chi connectivity index (χ1v) is 4.83. The molecule has 0 radical (unpaired) electrons. The van der Waals surface area contributed by atoms with Gasteiger partial charge in [0.05, 0.1) is 10.6 Å². The normalized spacial score (nSPS) is 22.2. The lowest BCUT2D eigenvalue weighted by molar-refractivity contribution is -0.125. The molecule has 82 valence electrons. The largest absolute Gasteiger partial charge is 0.321 e. The van der Waals surface area contributed by atoms with Crippen LogP contribution in [0.1, 0.15) is 18.4 Å². The lowest BCUT2D eigenvalue weighted by Crippen LogP contribution is -2.55. The summed E-state index contributed by atoms with van der Waals surface area (Å²) in [6, 6.07) is 4.08. The van der Waals surface area contributed by atoms with Gasteiger partial charge in [0.2, 0.25) is 0 Å². The van der Waals surface area contributed by atoms with Crippen molar-refractivity contribution in [3.63, 3.8) is 0 Å². The van der Waals surface area contributed by atoms with Crippen LogP contribution in [-0.2, 0) is 5.54 Å². The minimum Gasteiger partial charge on any atom is -0.321 e. The molecule has 1 aliphatic rings. The highest BCUT2D eigenvalue weighted by atomic mass is 35.5. The lowest BCUT2D eigenvalue weighted by atomic mass is 9.70. The molecular weight excluding hydrogens is 227 g/mol. The molecule has 0 bridgehead atoms. The summed E-state index contributed by atoms with van der Waals surface area (Å²) in [6.07, 6.45) is -0.966. The van der Waals surface area contributed by atoms with Gasteiger partial charge < -0.3 is 5.73 Å². The number of hydrogen-bond donors (Lipinski definition) is 1. The maximum Gasteiger partial charge on any atom is 0.252 e. The predicted octanol–water partition coefficient (Wildman–Crippen LogP) is 3.06. The third kappa shape index (κ3) is 1.72. The van der Waals surface area contributed by atoms with Crippen molar-refractivity contribution in [2.75, 3.05) is 0 Å². The van der Waals surface area contributed by atoms with Crippen molar-refractivity contribution in [3.8, 4) is 0 Å². The molecular formula is C10H9ClF3N. The zero-order valence-corrected chi connectivity index (χ0v) is 8.49. The molecule has 0 heterocycles. The fourth-order valence-electron chi connectivity index (χ4n) is 1.95. The molecule has 1 aromatic rings. The van der Waals surface area contributed by atoms with Crippen LogP contribution in [0.25, 0.3) is 0 Å². The Labute approximate surface area is 90.0 Å². The summed E-state index contributed by atoms with van der Waals surface area (Å²) in [6.45, 7) is 0. The Morgan fingerprint density at radius 1 is 1.27 bits per heavy atom. The second-order valence-electron chi connectivity index (χ2n) is 3.97. The summed E-state index contributed by atoms with van der Waals surface area (Å²) >= 11 is 5.68. The summed E-state index contributed by atoms with van der Waals surface area (Å²) in [5.74, 6) is -3.39. The summed E-state index contributed by atoms with van der Waals surface area (Å²) in [5.41, 5.74) is 4.81. The second kappa shape index (κ2) is 3.12. The van der Waals surface area contributed by atoms with E-state index in [1.165, 1.54) is 18.2 Å². The van der Waals surface area contributed by atoms with Crippen LogP contribution in [0.5, 0.6) is 0 Å². The summed E-state index contributed by atoms with van der Waals surface area (Å²) in [4.78, 5) is 0. The molecule has 0 atom stereocenters. The highest BCUT2D eigenvalue weighted by molar-refractivity contribution is 6.31. The van der Waals surface area contributed by atoms with E-state index in [-0.39, 0.29) is 10.6 Å². The van der Waals surface area contributed by atoms with Gasteiger partial charge in [0.15, 0.2) is 0 Å². The Kier molecular flexibility index (Phi) is 2.24. The molecule has 15 heavy (non-hydrogen) atoms. The molecule has 2 rings (SSSR count). The van der Waals surface area contributed by atoms with Crippen molar-refractivity contribution >= 4 is 11.6 Å². The summed E-state index contributed by atoms with van der Waals surface area (Å²) < 4.78 is 38.6. The van der Waals surface area contributed by atoms with Gasteiger partial charge in [-0.2, -0.15) is 0 Å². The molecule has 2 N–H and O–H groups in total. The number of rotatable bonds is 1. The fourth-order valence-corrected chi connectivity index (χ4v) is 2.26. The number of alkyl halides is 2. The standard InChI is InChI=1S/C10H9ClF3N/c11-8-6(2-1-3-7(8)12)9(15)4-10(13,14)5-9/h1-3H,4-5,15H2. The molecule has 0 unspecified atom stereocenters. The molecule has 0 aliphatic heterocycles. The van der Waals surface area contributed by atoms with Gasteiger partial charge in [0, 0.05) is 12.8 Å². The molecule has 0 amide bonds. The van der Waals surface area contributed by atoms with E-state index in [0.29, 0.717) is 0 Å². The van der Waals surface area contributed by atoms with Crippen LogP contribution in [0.4, 0.5) is 13.2 Å². The predicted molar refractivity (Wildman–Crippen MR) is 51.5 cm³/mol. The van der Waals surface area contributed by atoms with Crippen LogP contribution < -0.4 is 5.73 Å². The molecule has 0 aromatic heterocycles. The highest BCUT2D eigenvalue weighted by Gasteiger charge is 2.55. The van der Waals surface area contributed by atoms with Gasteiger partial charge in [0.25, 0.3) is 5.92 Å². The number of benzene rings is 1. The molecule has 5 heteroatoms. The molecule has 1 saturated carbocycles. The lowest BCUT2D eigenvalue weighted by Gasteiger charge is -2.45. The Morgan fingerprint density at radius 3 is 2.40 bits per heavy atom. The average molecular weight is 236 g/mol. The monoisotopic (exact) mass is 235 g/mol. The summed E-state index contributed by atoms with van der Waals surface area (Å²) in [5, 5.41) is -0.157. The highest BCUT2D eigenvalue weighted by Crippen LogP contribution is 2.51.